The average molecular weight is 496 g/mol. The standard InChI is InChI=1S/C25H25N3O6S/c1-34-24(31)25(26,15-21(35(2,32)33)28-23(30)18-11-8-14-27-16-18)22(29)20-13-7-6-12-19(20)17-9-4-3-5-10-17/h3-14,16,21H,15,26H2,1-2H3,(H,28,30). The molecule has 0 aliphatic rings. The Morgan fingerprint density at radius 1 is 1.03 bits per heavy atom. The average Bonchev–Trinajstić information content (AvgIpc) is 2.87. The Hall–Kier alpha value is -3.89. The topological polar surface area (TPSA) is 146 Å². The van der Waals surface area contributed by atoms with E-state index in [0.717, 1.165) is 13.4 Å². The smallest absolute Gasteiger partial charge is 0.334 e. The quantitative estimate of drug-likeness (QED) is 0.260. The Labute approximate surface area is 203 Å². The first-order valence-electron chi connectivity index (χ1n) is 10.5. The van der Waals surface area contributed by atoms with Crippen molar-refractivity contribution < 1.29 is 27.5 Å². The number of amides is 1. The summed E-state index contributed by atoms with van der Waals surface area (Å²) in [6.45, 7) is 0. The fourth-order valence-electron chi connectivity index (χ4n) is 3.57. The molecule has 10 heteroatoms. The minimum absolute atomic E-state index is 0.0996. The number of esters is 1. The predicted octanol–water partition coefficient (Wildman–Crippen LogP) is 1.99. The van der Waals surface area contributed by atoms with Crippen LogP contribution in [0.3, 0.4) is 0 Å². The van der Waals surface area contributed by atoms with E-state index in [9.17, 15) is 22.8 Å². The van der Waals surface area contributed by atoms with Crippen LogP contribution in [-0.2, 0) is 19.4 Å². The van der Waals surface area contributed by atoms with Crippen molar-refractivity contribution in [1.82, 2.24) is 10.3 Å². The number of sulfone groups is 1. The number of carbonyl (C=O) groups excluding carboxylic acids is 3. The molecule has 0 saturated carbocycles. The van der Waals surface area contributed by atoms with Crippen molar-refractivity contribution in [2.75, 3.05) is 13.4 Å². The number of hydrogen-bond donors (Lipinski definition) is 2. The van der Waals surface area contributed by atoms with Gasteiger partial charge in [0.2, 0.25) is 0 Å². The first kappa shape index (κ1) is 25.7. The van der Waals surface area contributed by atoms with Crippen LogP contribution in [0.15, 0.2) is 79.1 Å². The number of nitrogens with one attached hydrogen (secondary N) is 1. The molecule has 2 aromatic carbocycles. The SMILES string of the molecule is COC(=O)C(N)(CC(NC(=O)c1cccnc1)S(C)(=O)=O)C(=O)c1ccccc1-c1ccccc1. The van der Waals surface area contributed by atoms with Gasteiger partial charge in [-0.25, -0.2) is 13.2 Å². The van der Waals surface area contributed by atoms with Gasteiger partial charge < -0.3 is 15.8 Å². The molecule has 2 atom stereocenters. The van der Waals surface area contributed by atoms with Crippen molar-refractivity contribution in [3.05, 3.63) is 90.3 Å². The Balaban J connectivity index is 2.03. The van der Waals surface area contributed by atoms with Gasteiger partial charge in [-0.15, -0.1) is 0 Å². The molecule has 0 saturated heterocycles. The molecule has 0 aliphatic heterocycles. The zero-order valence-electron chi connectivity index (χ0n) is 19.2. The van der Waals surface area contributed by atoms with Gasteiger partial charge in [-0.3, -0.25) is 14.6 Å². The molecule has 0 bridgehead atoms. The normalized spacial score (nSPS) is 13.8. The Morgan fingerprint density at radius 2 is 1.69 bits per heavy atom. The minimum Gasteiger partial charge on any atom is -0.467 e. The molecule has 0 aliphatic carbocycles. The van der Waals surface area contributed by atoms with E-state index in [0.29, 0.717) is 11.1 Å². The highest BCUT2D eigenvalue weighted by Crippen LogP contribution is 2.29. The van der Waals surface area contributed by atoms with Crippen LogP contribution in [0.4, 0.5) is 0 Å². The summed E-state index contributed by atoms with van der Waals surface area (Å²) in [5.74, 6) is -2.72. The fraction of sp³-hybridized carbons (Fsp3) is 0.200. The number of ketones is 1. The number of carbonyl (C=O) groups is 3. The Morgan fingerprint density at radius 3 is 2.29 bits per heavy atom. The van der Waals surface area contributed by atoms with Gasteiger partial charge in [-0.2, -0.15) is 0 Å². The van der Waals surface area contributed by atoms with Gasteiger partial charge in [0.1, 0.15) is 5.37 Å². The van der Waals surface area contributed by atoms with Crippen LogP contribution in [0, 0.1) is 0 Å². The van der Waals surface area contributed by atoms with Crippen LogP contribution in [-0.4, -0.2) is 55.3 Å². The van der Waals surface area contributed by atoms with Gasteiger partial charge in [-0.05, 0) is 23.3 Å². The molecular weight excluding hydrogens is 470 g/mol. The number of nitrogens with zero attached hydrogens (tertiary/aromatic N) is 1. The molecule has 1 amide bonds. The van der Waals surface area contributed by atoms with Crippen molar-refractivity contribution in [3.63, 3.8) is 0 Å². The Kier molecular flexibility index (Phi) is 7.78. The van der Waals surface area contributed by atoms with E-state index in [-0.39, 0.29) is 11.1 Å². The lowest BCUT2D eigenvalue weighted by atomic mass is 9.83. The van der Waals surface area contributed by atoms with Gasteiger partial charge >= 0.3 is 5.97 Å². The maximum Gasteiger partial charge on any atom is 0.334 e. The fourth-order valence-corrected chi connectivity index (χ4v) is 4.46. The van der Waals surface area contributed by atoms with E-state index in [4.69, 9.17) is 10.5 Å². The lowest BCUT2D eigenvalue weighted by Crippen LogP contribution is -2.60. The molecule has 0 spiro atoms. The molecule has 1 aromatic heterocycles. The van der Waals surface area contributed by atoms with E-state index in [1.54, 1.807) is 42.5 Å². The summed E-state index contributed by atoms with van der Waals surface area (Å²) in [6, 6.07) is 18.5. The van der Waals surface area contributed by atoms with Crippen molar-refractivity contribution in [2.24, 2.45) is 5.73 Å². The summed E-state index contributed by atoms with van der Waals surface area (Å²) < 4.78 is 30.0. The third-order valence-electron chi connectivity index (χ3n) is 5.45. The molecule has 182 valence electrons. The summed E-state index contributed by atoms with van der Waals surface area (Å²) in [4.78, 5) is 43.0. The van der Waals surface area contributed by atoms with Crippen molar-refractivity contribution in [2.45, 2.75) is 17.3 Å². The lowest BCUT2D eigenvalue weighted by molar-refractivity contribution is -0.145. The second-order valence-corrected chi connectivity index (χ2v) is 10.2. The molecule has 35 heavy (non-hydrogen) atoms. The maximum absolute atomic E-state index is 13.7. The van der Waals surface area contributed by atoms with Crippen molar-refractivity contribution in [3.8, 4) is 11.1 Å². The number of aromatic nitrogens is 1. The van der Waals surface area contributed by atoms with Crippen molar-refractivity contribution in [1.29, 1.82) is 0 Å². The summed E-state index contributed by atoms with van der Waals surface area (Å²) in [5.41, 5.74) is 5.34. The molecule has 9 nitrogen and oxygen atoms in total. The van der Waals surface area contributed by atoms with E-state index < -0.39 is 44.8 Å². The van der Waals surface area contributed by atoms with Crippen LogP contribution in [0.1, 0.15) is 27.1 Å². The zero-order chi connectivity index (χ0) is 25.6. The second kappa shape index (κ2) is 10.6. The van der Waals surface area contributed by atoms with Crippen LogP contribution < -0.4 is 11.1 Å². The van der Waals surface area contributed by atoms with Crippen molar-refractivity contribution >= 4 is 27.5 Å². The van der Waals surface area contributed by atoms with Gasteiger partial charge in [-0.1, -0.05) is 54.6 Å². The minimum atomic E-state index is -4.01. The monoisotopic (exact) mass is 495 g/mol. The van der Waals surface area contributed by atoms with E-state index in [2.05, 4.69) is 10.3 Å². The van der Waals surface area contributed by atoms with E-state index >= 15 is 0 Å². The van der Waals surface area contributed by atoms with Crippen LogP contribution >= 0.6 is 0 Å². The van der Waals surface area contributed by atoms with Crippen LogP contribution in [0.2, 0.25) is 0 Å². The van der Waals surface area contributed by atoms with E-state index in [1.165, 1.54) is 30.6 Å². The van der Waals surface area contributed by atoms with Crippen LogP contribution in [0.25, 0.3) is 11.1 Å². The van der Waals surface area contributed by atoms with Gasteiger partial charge in [0.05, 0.1) is 12.7 Å². The third kappa shape index (κ3) is 5.79. The largest absolute Gasteiger partial charge is 0.467 e. The number of Topliss-reactive ketones (excluding diaryl/α,β-unsaturated/α-hetero) is 1. The molecule has 2 unspecified atom stereocenters. The number of ether oxygens (including phenoxy) is 1. The molecule has 3 rings (SSSR count). The van der Waals surface area contributed by atoms with Gasteiger partial charge in [0.25, 0.3) is 5.91 Å². The number of pyridine rings is 1. The number of benzene rings is 2. The third-order valence-corrected chi connectivity index (χ3v) is 6.77. The molecule has 1 heterocycles. The first-order chi connectivity index (χ1) is 16.6. The van der Waals surface area contributed by atoms with Crippen LogP contribution in [0.5, 0.6) is 0 Å². The lowest BCUT2D eigenvalue weighted by Gasteiger charge is -2.30. The highest BCUT2D eigenvalue weighted by Gasteiger charge is 2.48. The second-order valence-electron chi connectivity index (χ2n) is 7.94. The number of methoxy groups -OCH3 is 1. The van der Waals surface area contributed by atoms with Gasteiger partial charge in [0.15, 0.2) is 21.2 Å². The predicted molar refractivity (Wildman–Crippen MR) is 130 cm³/mol. The number of nitrogens with two attached hydrogens (primary N) is 1. The summed E-state index contributed by atoms with van der Waals surface area (Å²) in [5, 5.41) is 0.694. The van der Waals surface area contributed by atoms with E-state index in [1.807, 2.05) is 6.07 Å². The maximum atomic E-state index is 13.7. The summed E-state index contributed by atoms with van der Waals surface area (Å²) >= 11 is 0. The van der Waals surface area contributed by atoms with Gasteiger partial charge in [0, 0.05) is 30.6 Å². The Bertz CT molecular complexity index is 1330. The highest BCUT2D eigenvalue weighted by molar-refractivity contribution is 7.91. The molecule has 0 radical (unpaired) electrons. The molecular formula is C25H25N3O6S. The molecule has 0 fully saturated rings. The zero-order valence-corrected chi connectivity index (χ0v) is 20.0. The number of rotatable bonds is 9. The molecule has 3 aromatic rings. The highest BCUT2D eigenvalue weighted by atomic mass is 32.2. The summed E-state index contributed by atoms with van der Waals surface area (Å²) in [7, 11) is -2.97. The summed E-state index contributed by atoms with van der Waals surface area (Å²) in [6.07, 6.45) is 2.84. The number of hydrogen-bond acceptors (Lipinski definition) is 8. The molecule has 3 N–H and O–H groups in total. The first-order valence-corrected chi connectivity index (χ1v) is 12.5.